The summed E-state index contributed by atoms with van der Waals surface area (Å²) in [6, 6.07) is 12.4. The molecule has 2 amide bonds. The molecular formula is C16H13BrN2O3. The molecule has 0 fully saturated rings. The first-order chi connectivity index (χ1) is 10.6. The van der Waals surface area contributed by atoms with Gasteiger partial charge >= 0.3 is 0 Å². The monoisotopic (exact) mass is 360 g/mol. The van der Waals surface area contributed by atoms with Crippen LogP contribution in [0.15, 0.2) is 46.9 Å². The smallest absolute Gasteiger partial charge is 0.265 e. The van der Waals surface area contributed by atoms with Gasteiger partial charge in [0.2, 0.25) is 0 Å². The van der Waals surface area contributed by atoms with E-state index in [0.29, 0.717) is 23.5 Å². The Morgan fingerprint density at radius 1 is 1.23 bits per heavy atom. The highest BCUT2D eigenvalue weighted by Crippen LogP contribution is 2.30. The van der Waals surface area contributed by atoms with Crippen LogP contribution in [0, 0.1) is 0 Å². The van der Waals surface area contributed by atoms with E-state index in [1.807, 2.05) is 18.2 Å². The molecule has 2 aromatic carbocycles. The minimum atomic E-state index is -0.567. The number of nitrogens with two attached hydrogens (primary N) is 1. The second-order valence-electron chi connectivity index (χ2n) is 4.90. The van der Waals surface area contributed by atoms with Crippen molar-refractivity contribution in [3.05, 3.63) is 58.1 Å². The van der Waals surface area contributed by atoms with Gasteiger partial charge in [-0.2, -0.15) is 0 Å². The maximum atomic E-state index is 12.4. The Morgan fingerprint density at radius 3 is 2.77 bits per heavy atom. The number of hydrogen-bond acceptors (Lipinski definition) is 3. The number of ether oxygens (including phenoxy) is 1. The number of hydrogen-bond donors (Lipinski definition) is 1. The lowest BCUT2D eigenvalue weighted by atomic mass is 10.1. The summed E-state index contributed by atoms with van der Waals surface area (Å²) in [7, 11) is 0. The third-order valence-corrected chi connectivity index (χ3v) is 3.96. The molecule has 1 aliphatic rings. The lowest BCUT2D eigenvalue weighted by molar-refractivity contribution is -0.120. The van der Waals surface area contributed by atoms with Crippen LogP contribution < -0.4 is 15.4 Å². The van der Waals surface area contributed by atoms with Crippen LogP contribution >= 0.6 is 15.9 Å². The number of halogens is 1. The fourth-order valence-corrected chi connectivity index (χ4v) is 2.83. The Kier molecular flexibility index (Phi) is 3.85. The van der Waals surface area contributed by atoms with Gasteiger partial charge in [-0.15, -0.1) is 0 Å². The van der Waals surface area contributed by atoms with E-state index in [4.69, 9.17) is 10.5 Å². The topological polar surface area (TPSA) is 72.6 Å². The largest absolute Gasteiger partial charge is 0.483 e. The van der Waals surface area contributed by atoms with E-state index in [2.05, 4.69) is 15.9 Å². The quantitative estimate of drug-likeness (QED) is 0.893. The van der Waals surface area contributed by atoms with Gasteiger partial charge in [-0.25, -0.2) is 0 Å². The molecule has 0 radical (unpaired) electrons. The Balaban J connectivity index is 2.07. The molecule has 0 bridgehead atoms. The Morgan fingerprint density at radius 2 is 2.00 bits per heavy atom. The summed E-state index contributed by atoms with van der Waals surface area (Å²) in [5.74, 6) is -0.125. The van der Waals surface area contributed by atoms with Gasteiger partial charge in [-0.3, -0.25) is 9.59 Å². The van der Waals surface area contributed by atoms with E-state index in [1.54, 1.807) is 24.3 Å². The van der Waals surface area contributed by atoms with E-state index in [9.17, 15) is 9.59 Å². The van der Waals surface area contributed by atoms with Gasteiger partial charge in [0.15, 0.2) is 6.61 Å². The van der Waals surface area contributed by atoms with E-state index in [0.717, 1.165) is 10.0 Å². The lowest BCUT2D eigenvalue weighted by Gasteiger charge is -2.22. The molecule has 0 atom stereocenters. The fourth-order valence-electron chi connectivity index (χ4n) is 2.43. The minimum absolute atomic E-state index is 0.0816. The molecule has 112 valence electrons. The second kappa shape index (κ2) is 5.81. The molecule has 0 spiro atoms. The molecule has 2 N–H and O–H groups in total. The first kappa shape index (κ1) is 14.6. The van der Waals surface area contributed by atoms with Gasteiger partial charge < -0.3 is 15.4 Å². The lowest BCUT2D eigenvalue weighted by Crippen LogP contribution is -2.34. The summed E-state index contributed by atoms with van der Waals surface area (Å²) in [4.78, 5) is 25.5. The number of anilines is 1. The van der Waals surface area contributed by atoms with Gasteiger partial charge in [0.25, 0.3) is 11.8 Å². The number of primary amides is 1. The normalized spacial score (nSPS) is 14.0. The summed E-state index contributed by atoms with van der Waals surface area (Å²) >= 11 is 3.41. The highest BCUT2D eigenvalue weighted by atomic mass is 79.9. The SMILES string of the molecule is NC(=O)c1ccccc1N1Cc2cc(Br)ccc2OCC1=O. The van der Waals surface area contributed by atoms with Crippen molar-refractivity contribution in [3.8, 4) is 5.75 Å². The molecule has 0 aliphatic carbocycles. The molecule has 6 heteroatoms. The third kappa shape index (κ3) is 2.69. The molecule has 0 saturated carbocycles. The number of fused-ring (bicyclic) bond motifs is 1. The zero-order valence-electron chi connectivity index (χ0n) is 11.6. The van der Waals surface area contributed by atoms with Crippen molar-refractivity contribution in [2.24, 2.45) is 5.73 Å². The number of carbonyl (C=O) groups excluding carboxylic acids is 2. The van der Waals surface area contributed by atoms with Crippen molar-refractivity contribution < 1.29 is 14.3 Å². The molecule has 1 aliphatic heterocycles. The predicted octanol–water partition coefficient (Wildman–Crippen LogP) is 2.47. The summed E-state index contributed by atoms with van der Waals surface area (Å²) < 4.78 is 6.44. The Labute approximate surface area is 135 Å². The van der Waals surface area contributed by atoms with Crippen LogP contribution in [0.2, 0.25) is 0 Å². The van der Waals surface area contributed by atoms with Crippen LogP contribution in [0.4, 0.5) is 5.69 Å². The zero-order valence-corrected chi connectivity index (χ0v) is 13.2. The Bertz CT molecular complexity index is 761. The van der Waals surface area contributed by atoms with Gasteiger partial charge in [-0.05, 0) is 30.3 Å². The summed E-state index contributed by atoms with van der Waals surface area (Å²) in [5, 5.41) is 0. The standard InChI is InChI=1S/C16H13BrN2O3/c17-11-5-6-14-10(7-11)8-19(15(20)9-22-14)13-4-2-1-3-12(13)16(18)21/h1-7H,8-9H2,(H2,18,21). The van der Waals surface area contributed by atoms with E-state index >= 15 is 0 Å². The fraction of sp³-hybridized carbons (Fsp3) is 0.125. The van der Waals surface area contributed by atoms with Crippen LogP contribution in [0.3, 0.4) is 0 Å². The van der Waals surface area contributed by atoms with Gasteiger partial charge in [-0.1, -0.05) is 28.1 Å². The maximum Gasteiger partial charge on any atom is 0.265 e. The highest BCUT2D eigenvalue weighted by molar-refractivity contribution is 9.10. The zero-order chi connectivity index (χ0) is 15.7. The third-order valence-electron chi connectivity index (χ3n) is 3.46. The predicted molar refractivity (Wildman–Crippen MR) is 85.8 cm³/mol. The van der Waals surface area contributed by atoms with Crippen LogP contribution in [0.25, 0.3) is 0 Å². The molecule has 5 nitrogen and oxygen atoms in total. The molecule has 1 heterocycles. The highest BCUT2D eigenvalue weighted by Gasteiger charge is 2.25. The number of para-hydroxylation sites is 1. The van der Waals surface area contributed by atoms with Crippen molar-refractivity contribution in [1.29, 1.82) is 0 Å². The van der Waals surface area contributed by atoms with Crippen molar-refractivity contribution in [2.75, 3.05) is 11.5 Å². The molecule has 0 unspecified atom stereocenters. The average molecular weight is 361 g/mol. The Hall–Kier alpha value is -2.34. The average Bonchev–Trinajstić information content (AvgIpc) is 2.66. The number of rotatable bonds is 2. The molecular weight excluding hydrogens is 348 g/mol. The number of benzene rings is 2. The molecule has 3 rings (SSSR count). The van der Waals surface area contributed by atoms with Crippen LogP contribution in [-0.4, -0.2) is 18.4 Å². The summed E-state index contributed by atoms with van der Waals surface area (Å²) in [5.41, 5.74) is 7.08. The van der Waals surface area contributed by atoms with Crippen molar-refractivity contribution in [2.45, 2.75) is 6.54 Å². The van der Waals surface area contributed by atoms with Crippen LogP contribution in [-0.2, 0) is 11.3 Å². The molecule has 0 saturated heterocycles. The van der Waals surface area contributed by atoms with Crippen molar-refractivity contribution in [1.82, 2.24) is 0 Å². The second-order valence-corrected chi connectivity index (χ2v) is 5.82. The van der Waals surface area contributed by atoms with Gasteiger partial charge in [0.1, 0.15) is 5.75 Å². The molecule has 0 aromatic heterocycles. The first-order valence-electron chi connectivity index (χ1n) is 6.66. The van der Waals surface area contributed by atoms with E-state index < -0.39 is 5.91 Å². The van der Waals surface area contributed by atoms with Gasteiger partial charge in [0.05, 0.1) is 17.8 Å². The molecule has 2 aromatic rings. The minimum Gasteiger partial charge on any atom is -0.483 e. The van der Waals surface area contributed by atoms with Crippen LogP contribution in [0.1, 0.15) is 15.9 Å². The molecule has 22 heavy (non-hydrogen) atoms. The first-order valence-corrected chi connectivity index (χ1v) is 7.46. The van der Waals surface area contributed by atoms with E-state index in [-0.39, 0.29) is 12.5 Å². The van der Waals surface area contributed by atoms with Crippen molar-refractivity contribution in [3.63, 3.8) is 0 Å². The van der Waals surface area contributed by atoms with Gasteiger partial charge in [0, 0.05) is 10.0 Å². The summed E-state index contributed by atoms with van der Waals surface area (Å²) in [6.45, 7) is 0.236. The number of amides is 2. The number of carbonyl (C=O) groups is 2. The number of nitrogens with zero attached hydrogens (tertiary/aromatic N) is 1. The van der Waals surface area contributed by atoms with Crippen LogP contribution in [0.5, 0.6) is 5.75 Å². The maximum absolute atomic E-state index is 12.4. The van der Waals surface area contributed by atoms with E-state index in [1.165, 1.54) is 4.90 Å². The summed E-state index contributed by atoms with van der Waals surface area (Å²) in [6.07, 6.45) is 0. The van der Waals surface area contributed by atoms with Crippen molar-refractivity contribution >= 4 is 33.4 Å².